The van der Waals surface area contributed by atoms with Gasteiger partial charge in [-0.2, -0.15) is 0 Å². The zero-order valence-electron chi connectivity index (χ0n) is 12.6. The van der Waals surface area contributed by atoms with Crippen LogP contribution in [-0.4, -0.2) is 56.9 Å². The molecule has 0 saturated carbocycles. The molecule has 1 saturated heterocycles. The number of likely N-dealkylation sites (N-methyl/N-ethyl adjacent to an activating group) is 1. The van der Waals surface area contributed by atoms with Crippen molar-refractivity contribution < 1.29 is 4.79 Å². The Kier molecular flexibility index (Phi) is 4.13. The fourth-order valence-corrected chi connectivity index (χ4v) is 2.81. The van der Waals surface area contributed by atoms with Gasteiger partial charge in [-0.3, -0.25) is 9.69 Å². The molecule has 0 radical (unpaired) electrons. The lowest BCUT2D eigenvalue weighted by molar-refractivity contribution is 0.0523. The predicted octanol–water partition coefficient (Wildman–Crippen LogP) is 1.60. The normalized spacial score (nSPS) is 19.4. The molecule has 7 heteroatoms. The standard InChI is InChI=1S/C15H18ClN5O/c1-19-7-8-21(10-13(19)14-17-5-6-20(14)2)15(22)12-4-3-11(16)9-18-12/h3-6,9,13H,7-8,10H2,1-2H3/t13-/m1/s1. The number of carbonyl (C=O) groups is 1. The predicted molar refractivity (Wildman–Crippen MR) is 83.7 cm³/mol. The van der Waals surface area contributed by atoms with Gasteiger partial charge >= 0.3 is 0 Å². The number of amides is 1. The molecule has 0 unspecified atom stereocenters. The summed E-state index contributed by atoms with van der Waals surface area (Å²) in [5, 5.41) is 0.529. The van der Waals surface area contributed by atoms with E-state index < -0.39 is 0 Å². The van der Waals surface area contributed by atoms with Gasteiger partial charge in [0, 0.05) is 45.3 Å². The van der Waals surface area contributed by atoms with Crippen LogP contribution in [0.5, 0.6) is 0 Å². The van der Waals surface area contributed by atoms with Crippen LogP contribution < -0.4 is 0 Å². The molecule has 116 valence electrons. The van der Waals surface area contributed by atoms with Gasteiger partial charge in [0.2, 0.25) is 0 Å². The molecule has 3 rings (SSSR count). The Hall–Kier alpha value is -1.92. The van der Waals surface area contributed by atoms with E-state index in [1.54, 1.807) is 18.3 Å². The molecule has 1 aliphatic heterocycles. The van der Waals surface area contributed by atoms with Crippen LogP contribution >= 0.6 is 11.6 Å². The summed E-state index contributed by atoms with van der Waals surface area (Å²) in [5.74, 6) is 0.896. The maximum atomic E-state index is 12.6. The largest absolute Gasteiger partial charge is 0.337 e. The third-order valence-electron chi connectivity index (χ3n) is 4.04. The third-order valence-corrected chi connectivity index (χ3v) is 4.26. The second-order valence-electron chi connectivity index (χ2n) is 5.51. The van der Waals surface area contributed by atoms with Crippen LogP contribution in [0.15, 0.2) is 30.7 Å². The fourth-order valence-electron chi connectivity index (χ4n) is 2.70. The molecular formula is C15H18ClN5O. The number of aromatic nitrogens is 3. The van der Waals surface area contributed by atoms with E-state index in [1.807, 2.05) is 22.7 Å². The van der Waals surface area contributed by atoms with Crippen molar-refractivity contribution in [1.82, 2.24) is 24.3 Å². The number of imidazole rings is 1. The Balaban J connectivity index is 1.79. The highest BCUT2D eigenvalue weighted by Crippen LogP contribution is 2.23. The van der Waals surface area contributed by atoms with Crippen LogP contribution in [0.3, 0.4) is 0 Å². The number of rotatable bonds is 2. The van der Waals surface area contributed by atoms with Crippen LogP contribution in [0, 0.1) is 0 Å². The van der Waals surface area contributed by atoms with Crippen LogP contribution in [0.1, 0.15) is 22.4 Å². The minimum atomic E-state index is -0.0658. The molecule has 2 aromatic rings. The van der Waals surface area contributed by atoms with Gasteiger partial charge < -0.3 is 9.47 Å². The summed E-state index contributed by atoms with van der Waals surface area (Å²) in [6.45, 7) is 2.09. The lowest BCUT2D eigenvalue weighted by Crippen LogP contribution is -2.49. The van der Waals surface area contributed by atoms with Crippen molar-refractivity contribution in [3.05, 3.63) is 47.3 Å². The fraction of sp³-hybridized carbons (Fsp3) is 0.400. The maximum Gasteiger partial charge on any atom is 0.272 e. The van der Waals surface area contributed by atoms with E-state index in [4.69, 9.17) is 11.6 Å². The molecule has 1 aliphatic rings. The van der Waals surface area contributed by atoms with Crippen LogP contribution in [0.4, 0.5) is 0 Å². The third kappa shape index (κ3) is 2.84. The summed E-state index contributed by atoms with van der Waals surface area (Å²) < 4.78 is 2.00. The smallest absolute Gasteiger partial charge is 0.272 e. The first-order valence-corrected chi connectivity index (χ1v) is 7.52. The summed E-state index contributed by atoms with van der Waals surface area (Å²) >= 11 is 5.82. The van der Waals surface area contributed by atoms with Gasteiger partial charge in [-0.1, -0.05) is 11.6 Å². The summed E-state index contributed by atoms with van der Waals surface area (Å²) in [5.41, 5.74) is 0.424. The molecule has 0 aromatic carbocycles. The molecular weight excluding hydrogens is 302 g/mol. The van der Waals surface area contributed by atoms with E-state index in [0.717, 1.165) is 12.4 Å². The van der Waals surface area contributed by atoms with Crippen molar-refractivity contribution in [3.8, 4) is 0 Å². The summed E-state index contributed by atoms with van der Waals surface area (Å²) in [4.78, 5) is 25.2. The Morgan fingerprint density at radius 1 is 1.27 bits per heavy atom. The molecule has 1 fully saturated rings. The van der Waals surface area contributed by atoms with E-state index in [1.165, 1.54) is 6.20 Å². The highest BCUT2D eigenvalue weighted by Gasteiger charge is 2.31. The second kappa shape index (κ2) is 6.06. The van der Waals surface area contributed by atoms with E-state index in [2.05, 4.69) is 21.9 Å². The molecule has 2 aromatic heterocycles. The summed E-state index contributed by atoms with van der Waals surface area (Å²) in [7, 11) is 4.03. The first kappa shape index (κ1) is 15.0. The van der Waals surface area contributed by atoms with E-state index in [9.17, 15) is 4.79 Å². The lowest BCUT2D eigenvalue weighted by atomic mass is 10.1. The number of piperazine rings is 1. The van der Waals surface area contributed by atoms with Crippen molar-refractivity contribution in [2.45, 2.75) is 6.04 Å². The van der Waals surface area contributed by atoms with Crippen LogP contribution in [0.25, 0.3) is 0 Å². The van der Waals surface area contributed by atoms with E-state index in [-0.39, 0.29) is 11.9 Å². The highest BCUT2D eigenvalue weighted by molar-refractivity contribution is 6.30. The molecule has 6 nitrogen and oxygen atoms in total. The average Bonchev–Trinajstić information content (AvgIpc) is 2.94. The molecule has 3 heterocycles. The lowest BCUT2D eigenvalue weighted by Gasteiger charge is -2.38. The molecule has 0 N–H and O–H groups in total. The SMILES string of the molecule is CN1CCN(C(=O)c2ccc(Cl)cn2)C[C@@H]1c1nccn1C. The van der Waals surface area contributed by atoms with Gasteiger partial charge in [-0.25, -0.2) is 9.97 Å². The molecule has 1 amide bonds. The number of pyridine rings is 1. The summed E-state index contributed by atoms with van der Waals surface area (Å²) in [6, 6.07) is 3.44. The van der Waals surface area contributed by atoms with Crippen molar-refractivity contribution in [1.29, 1.82) is 0 Å². The number of hydrogen-bond acceptors (Lipinski definition) is 4. The minimum absolute atomic E-state index is 0.0658. The topological polar surface area (TPSA) is 54.3 Å². The average molecular weight is 320 g/mol. The Bertz CT molecular complexity index is 669. The monoisotopic (exact) mass is 319 g/mol. The number of carbonyl (C=O) groups excluding carboxylic acids is 1. The summed E-state index contributed by atoms with van der Waals surface area (Å²) in [6.07, 6.45) is 5.20. The zero-order valence-corrected chi connectivity index (χ0v) is 13.4. The number of hydrogen-bond donors (Lipinski definition) is 0. The van der Waals surface area contributed by atoms with Gasteiger partial charge in [0.05, 0.1) is 11.1 Å². The molecule has 22 heavy (non-hydrogen) atoms. The highest BCUT2D eigenvalue weighted by atomic mass is 35.5. The first-order chi connectivity index (χ1) is 10.6. The minimum Gasteiger partial charge on any atom is -0.337 e. The maximum absolute atomic E-state index is 12.6. The van der Waals surface area contributed by atoms with Crippen LogP contribution in [0.2, 0.25) is 5.02 Å². The molecule has 0 spiro atoms. The number of aryl methyl sites for hydroxylation is 1. The van der Waals surface area contributed by atoms with Gasteiger partial charge in [-0.05, 0) is 19.2 Å². The van der Waals surface area contributed by atoms with Gasteiger partial charge in [0.1, 0.15) is 11.5 Å². The number of halogens is 1. The Morgan fingerprint density at radius 2 is 2.09 bits per heavy atom. The first-order valence-electron chi connectivity index (χ1n) is 7.14. The van der Waals surface area contributed by atoms with Crippen LogP contribution in [-0.2, 0) is 7.05 Å². The molecule has 1 atom stereocenters. The Labute approximate surface area is 134 Å². The van der Waals surface area contributed by atoms with Crippen molar-refractivity contribution >= 4 is 17.5 Å². The quantitative estimate of drug-likeness (QED) is 0.843. The zero-order chi connectivity index (χ0) is 15.7. The van der Waals surface area contributed by atoms with Gasteiger partial charge in [-0.15, -0.1) is 0 Å². The van der Waals surface area contributed by atoms with Crippen molar-refractivity contribution in [2.24, 2.45) is 7.05 Å². The van der Waals surface area contributed by atoms with E-state index in [0.29, 0.717) is 23.8 Å². The Morgan fingerprint density at radius 3 is 2.73 bits per heavy atom. The van der Waals surface area contributed by atoms with Gasteiger partial charge in [0.15, 0.2) is 0 Å². The molecule has 0 bridgehead atoms. The van der Waals surface area contributed by atoms with Crippen molar-refractivity contribution in [3.63, 3.8) is 0 Å². The second-order valence-corrected chi connectivity index (χ2v) is 5.94. The number of nitrogens with zero attached hydrogens (tertiary/aromatic N) is 5. The van der Waals surface area contributed by atoms with E-state index >= 15 is 0 Å². The van der Waals surface area contributed by atoms with Crippen molar-refractivity contribution in [2.75, 3.05) is 26.7 Å². The molecule has 0 aliphatic carbocycles. The van der Waals surface area contributed by atoms with Gasteiger partial charge in [0.25, 0.3) is 5.91 Å².